The van der Waals surface area contributed by atoms with E-state index < -0.39 is 41.3 Å². The Balaban J connectivity index is 1.42. The summed E-state index contributed by atoms with van der Waals surface area (Å²) in [6.45, 7) is 3.65. The first-order valence-electron chi connectivity index (χ1n) is 10.9. The van der Waals surface area contributed by atoms with Crippen molar-refractivity contribution in [3.63, 3.8) is 0 Å². The molecule has 0 aliphatic carbocycles. The number of rotatable bonds is 3. The summed E-state index contributed by atoms with van der Waals surface area (Å²) >= 11 is 0. The van der Waals surface area contributed by atoms with Gasteiger partial charge in [-0.25, -0.2) is 0 Å². The number of aliphatic hydroxyl groups excluding tert-OH is 1. The molecular weight excluding hydrogens is 426 g/mol. The third-order valence-electron chi connectivity index (χ3n) is 7.19. The van der Waals surface area contributed by atoms with E-state index in [1.54, 1.807) is 31.2 Å². The fourth-order valence-electron chi connectivity index (χ4n) is 5.70. The maximum atomic E-state index is 13.8. The van der Waals surface area contributed by atoms with Crippen LogP contribution < -0.4 is 20.1 Å². The molecule has 4 aliphatic rings. The van der Waals surface area contributed by atoms with Crippen molar-refractivity contribution in [2.45, 2.75) is 38.1 Å². The molecule has 2 aromatic carbocycles. The maximum Gasteiger partial charge on any atom is 0.250 e. The van der Waals surface area contributed by atoms with Gasteiger partial charge in [0.15, 0.2) is 11.5 Å². The number of nitrogens with one attached hydrogen (secondary N) is 2. The van der Waals surface area contributed by atoms with Crippen LogP contribution in [0.5, 0.6) is 11.5 Å². The predicted molar refractivity (Wildman–Crippen MR) is 115 cm³/mol. The molecule has 2 saturated heterocycles. The fraction of sp³-hybridized carbons (Fsp3) is 0.375. The summed E-state index contributed by atoms with van der Waals surface area (Å²) in [5.41, 5.74) is 1.47. The highest BCUT2D eigenvalue weighted by molar-refractivity contribution is 6.15. The highest BCUT2D eigenvalue weighted by Crippen LogP contribution is 2.53. The Morgan fingerprint density at radius 2 is 1.91 bits per heavy atom. The largest absolute Gasteiger partial charge is 0.454 e. The van der Waals surface area contributed by atoms with Gasteiger partial charge >= 0.3 is 0 Å². The zero-order valence-corrected chi connectivity index (χ0v) is 18.1. The molecule has 4 aliphatic heterocycles. The van der Waals surface area contributed by atoms with Gasteiger partial charge in [0.25, 0.3) is 0 Å². The number of aliphatic hydroxyl groups is 1. The number of anilines is 1. The highest BCUT2D eigenvalue weighted by atomic mass is 16.7. The topological polar surface area (TPSA) is 117 Å². The van der Waals surface area contributed by atoms with Crippen LogP contribution in [0.25, 0.3) is 0 Å². The molecule has 3 amide bonds. The van der Waals surface area contributed by atoms with Crippen molar-refractivity contribution in [3.05, 3.63) is 53.1 Å². The molecule has 2 aromatic rings. The van der Waals surface area contributed by atoms with E-state index in [4.69, 9.17) is 9.47 Å². The van der Waals surface area contributed by atoms with Crippen LogP contribution in [0.15, 0.2) is 36.4 Å². The first kappa shape index (κ1) is 20.2. The normalized spacial score (nSPS) is 30.1. The van der Waals surface area contributed by atoms with Crippen molar-refractivity contribution in [2.24, 2.45) is 11.8 Å². The Morgan fingerprint density at radius 3 is 2.70 bits per heavy atom. The molecule has 4 heterocycles. The minimum Gasteiger partial charge on any atom is -0.454 e. The third kappa shape index (κ3) is 2.63. The molecule has 0 aromatic heterocycles. The Kier molecular flexibility index (Phi) is 4.15. The molecule has 6 rings (SSSR count). The van der Waals surface area contributed by atoms with Crippen molar-refractivity contribution in [2.75, 3.05) is 12.1 Å². The number of aryl methyl sites for hydroxylation is 1. The molecule has 33 heavy (non-hydrogen) atoms. The fourth-order valence-corrected chi connectivity index (χ4v) is 5.70. The molecule has 3 unspecified atom stereocenters. The predicted octanol–water partition coefficient (Wildman–Crippen LogP) is 1.03. The molecular formula is C24H23N3O6. The molecule has 3 N–H and O–H groups in total. The van der Waals surface area contributed by atoms with Gasteiger partial charge in [-0.1, -0.05) is 23.8 Å². The number of fused-ring (bicyclic) bond motifs is 5. The molecule has 5 atom stereocenters. The molecule has 0 radical (unpaired) electrons. The maximum absolute atomic E-state index is 13.8. The van der Waals surface area contributed by atoms with Gasteiger partial charge < -0.3 is 19.9 Å². The van der Waals surface area contributed by atoms with Gasteiger partial charge in [-0.3, -0.25) is 24.6 Å². The number of carbonyl (C=O) groups excluding carboxylic acids is 3. The van der Waals surface area contributed by atoms with E-state index in [2.05, 4.69) is 10.6 Å². The van der Waals surface area contributed by atoms with Crippen LogP contribution in [0.1, 0.15) is 23.6 Å². The summed E-state index contributed by atoms with van der Waals surface area (Å²) in [6, 6.07) is 10.1. The molecule has 170 valence electrons. The lowest BCUT2D eigenvalue weighted by molar-refractivity contribution is -0.143. The summed E-state index contributed by atoms with van der Waals surface area (Å²) in [5.74, 6) is -1.85. The van der Waals surface area contributed by atoms with Gasteiger partial charge in [0.2, 0.25) is 24.5 Å². The van der Waals surface area contributed by atoms with Gasteiger partial charge in [0, 0.05) is 17.3 Å². The zero-order valence-electron chi connectivity index (χ0n) is 18.1. The summed E-state index contributed by atoms with van der Waals surface area (Å²) in [4.78, 5) is 41.9. The number of imide groups is 1. The lowest BCUT2D eigenvalue weighted by atomic mass is 9.76. The number of likely N-dealkylation sites (tertiary alicyclic amines) is 1. The van der Waals surface area contributed by atoms with E-state index >= 15 is 0 Å². The molecule has 9 nitrogen and oxygen atoms in total. The summed E-state index contributed by atoms with van der Waals surface area (Å²) in [5, 5.41) is 16.6. The molecule has 2 fully saturated rings. The van der Waals surface area contributed by atoms with E-state index in [1.807, 2.05) is 19.1 Å². The van der Waals surface area contributed by atoms with Crippen molar-refractivity contribution in [1.29, 1.82) is 0 Å². The minimum atomic E-state index is -1.41. The number of hydrogen-bond acceptors (Lipinski definition) is 7. The van der Waals surface area contributed by atoms with Crippen LogP contribution in [-0.4, -0.2) is 46.7 Å². The second-order valence-electron chi connectivity index (χ2n) is 9.18. The van der Waals surface area contributed by atoms with Crippen LogP contribution >= 0.6 is 0 Å². The number of carbonyl (C=O) groups is 3. The van der Waals surface area contributed by atoms with Crippen molar-refractivity contribution in [1.82, 2.24) is 10.2 Å². The quantitative estimate of drug-likeness (QED) is 0.599. The van der Waals surface area contributed by atoms with Gasteiger partial charge in [-0.2, -0.15) is 0 Å². The number of nitrogens with zero attached hydrogens (tertiary/aromatic N) is 1. The van der Waals surface area contributed by atoms with E-state index in [1.165, 1.54) is 4.90 Å². The van der Waals surface area contributed by atoms with Gasteiger partial charge in [-0.05, 0) is 37.6 Å². The zero-order chi connectivity index (χ0) is 23.1. The first-order chi connectivity index (χ1) is 15.8. The van der Waals surface area contributed by atoms with Crippen LogP contribution in [0.2, 0.25) is 0 Å². The van der Waals surface area contributed by atoms with E-state index in [0.29, 0.717) is 28.3 Å². The monoisotopic (exact) mass is 449 g/mol. The lowest BCUT2D eigenvalue weighted by Gasteiger charge is -2.30. The first-order valence-corrected chi connectivity index (χ1v) is 10.9. The number of benzene rings is 2. The van der Waals surface area contributed by atoms with Crippen molar-refractivity contribution in [3.8, 4) is 11.5 Å². The molecule has 0 saturated carbocycles. The van der Waals surface area contributed by atoms with Crippen LogP contribution in [0.4, 0.5) is 5.69 Å². The van der Waals surface area contributed by atoms with Crippen molar-refractivity contribution >= 4 is 23.4 Å². The average molecular weight is 449 g/mol. The van der Waals surface area contributed by atoms with E-state index in [0.717, 1.165) is 5.56 Å². The lowest BCUT2D eigenvalue weighted by Crippen LogP contribution is -2.54. The summed E-state index contributed by atoms with van der Waals surface area (Å²) < 4.78 is 10.7. The van der Waals surface area contributed by atoms with Gasteiger partial charge in [0.1, 0.15) is 5.54 Å². The average Bonchev–Trinajstić information content (AvgIpc) is 3.51. The van der Waals surface area contributed by atoms with Gasteiger partial charge in [0.05, 0.1) is 24.5 Å². The minimum absolute atomic E-state index is 0.0478. The Bertz CT molecular complexity index is 1230. The van der Waals surface area contributed by atoms with Crippen LogP contribution in [0.3, 0.4) is 0 Å². The van der Waals surface area contributed by atoms with E-state index in [9.17, 15) is 19.5 Å². The van der Waals surface area contributed by atoms with Gasteiger partial charge in [-0.15, -0.1) is 0 Å². The van der Waals surface area contributed by atoms with Crippen LogP contribution in [-0.2, 0) is 26.5 Å². The van der Waals surface area contributed by atoms with E-state index in [-0.39, 0.29) is 19.2 Å². The van der Waals surface area contributed by atoms with Crippen molar-refractivity contribution < 1.29 is 29.0 Å². The number of ether oxygens (including phenoxy) is 2. The smallest absolute Gasteiger partial charge is 0.250 e. The SMILES string of the molecule is Cc1ccc2c(c1)C1(NC(C(C)O)[C@H]3C(=O)N(Cc4ccc5c(c4)OCO5)C(=O)[C@H]31)C(=O)N2. The second kappa shape index (κ2) is 6.79. The number of amides is 3. The third-order valence-corrected chi connectivity index (χ3v) is 7.19. The molecule has 0 bridgehead atoms. The Labute approximate surface area is 189 Å². The molecule has 1 spiro atoms. The second-order valence-corrected chi connectivity index (χ2v) is 9.18. The Morgan fingerprint density at radius 1 is 1.12 bits per heavy atom. The summed E-state index contributed by atoms with van der Waals surface area (Å²) in [6.07, 6.45) is -0.944. The Hall–Kier alpha value is -3.43. The highest BCUT2D eigenvalue weighted by Gasteiger charge is 2.71. The van der Waals surface area contributed by atoms with Crippen LogP contribution in [0, 0.1) is 18.8 Å². The summed E-state index contributed by atoms with van der Waals surface area (Å²) in [7, 11) is 0. The molecule has 9 heteroatoms. The standard InChI is InChI=1S/C24H23N3O6/c1-11-3-5-15-14(7-11)24(23(31)25-15)19-18(20(26-24)12(2)28)21(29)27(22(19)30)9-13-4-6-16-17(8-13)33-10-32-16/h3-8,12,18-20,26,28H,9-10H2,1-2H3,(H,25,31)/t12?,18-,19-,20?,24?/m0/s1. The number of hydrogen-bond donors (Lipinski definition) is 3.